The number of ether oxygens (including phenoxy) is 1. The SMILES string of the molecule is NC1C=CC(Oc2ccc(C=C(NC(=O)c3ccccc3)C(=O)O)cc2)=C(C(F)(F)F)C1. The average molecular weight is 444 g/mol. The molecule has 32 heavy (non-hydrogen) atoms. The van der Waals surface area contributed by atoms with Crippen LogP contribution in [0.15, 0.2) is 83.8 Å². The summed E-state index contributed by atoms with van der Waals surface area (Å²) in [7, 11) is 0. The Labute approximate surface area is 181 Å². The van der Waals surface area contributed by atoms with Gasteiger partial charge in [0.2, 0.25) is 0 Å². The molecule has 3 rings (SSSR count). The summed E-state index contributed by atoms with van der Waals surface area (Å²) >= 11 is 0. The average Bonchev–Trinajstić information content (AvgIpc) is 2.75. The van der Waals surface area contributed by atoms with Gasteiger partial charge in [0.15, 0.2) is 0 Å². The summed E-state index contributed by atoms with van der Waals surface area (Å²) in [6, 6.07) is 13.1. The Kier molecular flexibility index (Phi) is 6.79. The number of carbonyl (C=O) groups excluding carboxylic acids is 1. The molecule has 2 aromatic rings. The fraction of sp³-hybridized carbons (Fsp3) is 0.130. The topological polar surface area (TPSA) is 102 Å². The largest absolute Gasteiger partial charge is 0.477 e. The van der Waals surface area contributed by atoms with E-state index < -0.39 is 29.7 Å². The number of nitrogens with two attached hydrogens (primary N) is 1. The number of halogens is 3. The van der Waals surface area contributed by atoms with Crippen LogP contribution in [0.2, 0.25) is 0 Å². The lowest BCUT2D eigenvalue weighted by Gasteiger charge is -2.22. The minimum atomic E-state index is -4.58. The summed E-state index contributed by atoms with van der Waals surface area (Å²) in [6.45, 7) is 0. The second-order valence-electron chi connectivity index (χ2n) is 6.92. The van der Waals surface area contributed by atoms with Crippen molar-refractivity contribution >= 4 is 18.0 Å². The zero-order chi connectivity index (χ0) is 23.3. The highest BCUT2D eigenvalue weighted by molar-refractivity contribution is 6.02. The first-order valence-electron chi connectivity index (χ1n) is 9.47. The molecule has 166 valence electrons. The van der Waals surface area contributed by atoms with Gasteiger partial charge in [0.05, 0.1) is 5.57 Å². The molecule has 1 aliphatic rings. The van der Waals surface area contributed by atoms with Crippen LogP contribution in [0.25, 0.3) is 6.08 Å². The molecule has 0 aromatic heterocycles. The quantitative estimate of drug-likeness (QED) is 0.584. The van der Waals surface area contributed by atoms with Gasteiger partial charge in [-0.3, -0.25) is 4.79 Å². The number of carboxylic acids is 1. The van der Waals surface area contributed by atoms with Crippen molar-refractivity contribution in [2.75, 3.05) is 0 Å². The first-order chi connectivity index (χ1) is 15.1. The maximum atomic E-state index is 13.3. The first-order valence-corrected chi connectivity index (χ1v) is 9.47. The van der Waals surface area contributed by atoms with E-state index >= 15 is 0 Å². The molecule has 1 atom stereocenters. The summed E-state index contributed by atoms with van der Waals surface area (Å²) < 4.78 is 45.1. The van der Waals surface area contributed by atoms with Crippen molar-refractivity contribution in [2.45, 2.75) is 18.6 Å². The third kappa shape index (κ3) is 5.86. The molecule has 1 aliphatic carbocycles. The van der Waals surface area contributed by atoms with Gasteiger partial charge in [-0.05, 0) is 48.4 Å². The van der Waals surface area contributed by atoms with Crippen LogP contribution in [0.3, 0.4) is 0 Å². The highest BCUT2D eigenvalue weighted by Crippen LogP contribution is 2.35. The molecule has 0 saturated carbocycles. The number of alkyl halides is 3. The lowest BCUT2D eigenvalue weighted by Crippen LogP contribution is -2.28. The highest BCUT2D eigenvalue weighted by atomic mass is 19.4. The van der Waals surface area contributed by atoms with E-state index in [4.69, 9.17) is 10.5 Å². The Balaban J connectivity index is 1.78. The highest BCUT2D eigenvalue weighted by Gasteiger charge is 2.38. The Morgan fingerprint density at radius 2 is 1.75 bits per heavy atom. The van der Waals surface area contributed by atoms with Gasteiger partial charge in [-0.2, -0.15) is 13.2 Å². The van der Waals surface area contributed by atoms with Crippen LogP contribution in [0, 0.1) is 0 Å². The van der Waals surface area contributed by atoms with E-state index in [1.165, 1.54) is 54.6 Å². The molecule has 0 bridgehead atoms. The number of aliphatic carboxylic acids is 1. The van der Waals surface area contributed by atoms with Crippen LogP contribution in [-0.2, 0) is 4.79 Å². The van der Waals surface area contributed by atoms with Gasteiger partial charge in [0, 0.05) is 11.6 Å². The molecule has 0 aliphatic heterocycles. The number of amides is 1. The van der Waals surface area contributed by atoms with Gasteiger partial charge >= 0.3 is 12.1 Å². The lowest BCUT2D eigenvalue weighted by atomic mass is 9.99. The van der Waals surface area contributed by atoms with Crippen molar-refractivity contribution in [3.63, 3.8) is 0 Å². The number of hydrogen-bond donors (Lipinski definition) is 3. The molecule has 0 radical (unpaired) electrons. The van der Waals surface area contributed by atoms with E-state index in [0.717, 1.165) is 0 Å². The van der Waals surface area contributed by atoms with Crippen LogP contribution < -0.4 is 15.8 Å². The van der Waals surface area contributed by atoms with Crippen LogP contribution in [0.5, 0.6) is 5.75 Å². The zero-order valence-electron chi connectivity index (χ0n) is 16.6. The van der Waals surface area contributed by atoms with Crippen molar-refractivity contribution in [1.82, 2.24) is 5.32 Å². The van der Waals surface area contributed by atoms with E-state index in [2.05, 4.69) is 5.32 Å². The fourth-order valence-electron chi connectivity index (χ4n) is 2.93. The van der Waals surface area contributed by atoms with E-state index in [-0.39, 0.29) is 29.2 Å². The molecule has 1 amide bonds. The Morgan fingerprint density at radius 1 is 1.09 bits per heavy atom. The number of carboxylic acid groups (broad SMARTS) is 1. The second kappa shape index (κ2) is 9.52. The molecule has 9 heteroatoms. The summed E-state index contributed by atoms with van der Waals surface area (Å²) in [5.41, 5.74) is 5.05. The second-order valence-corrected chi connectivity index (χ2v) is 6.92. The molecular formula is C23H19F3N2O4. The molecule has 0 fully saturated rings. The summed E-state index contributed by atoms with van der Waals surface area (Å²) in [5, 5.41) is 11.7. The van der Waals surface area contributed by atoms with Crippen LogP contribution in [0.4, 0.5) is 13.2 Å². The molecule has 1 unspecified atom stereocenters. The Hall–Kier alpha value is -3.85. The van der Waals surface area contributed by atoms with E-state index in [0.29, 0.717) is 5.56 Å². The third-order valence-corrected chi connectivity index (χ3v) is 4.51. The van der Waals surface area contributed by atoms with Crippen molar-refractivity contribution in [3.05, 3.63) is 94.9 Å². The number of carbonyl (C=O) groups is 2. The zero-order valence-corrected chi connectivity index (χ0v) is 16.6. The van der Waals surface area contributed by atoms with Crippen LogP contribution in [0.1, 0.15) is 22.3 Å². The lowest BCUT2D eigenvalue weighted by molar-refractivity contribution is -0.132. The van der Waals surface area contributed by atoms with Crippen molar-refractivity contribution in [3.8, 4) is 5.75 Å². The molecule has 0 saturated heterocycles. The molecule has 0 spiro atoms. The Bertz CT molecular complexity index is 1090. The van der Waals surface area contributed by atoms with Gasteiger partial charge in [-0.1, -0.05) is 36.4 Å². The monoisotopic (exact) mass is 444 g/mol. The molecule has 0 heterocycles. The van der Waals surface area contributed by atoms with Gasteiger partial charge < -0.3 is 20.9 Å². The van der Waals surface area contributed by atoms with Gasteiger partial charge in [0.25, 0.3) is 5.91 Å². The normalized spacial score (nSPS) is 16.6. The van der Waals surface area contributed by atoms with E-state index in [1.807, 2.05) is 0 Å². The van der Waals surface area contributed by atoms with Crippen LogP contribution in [-0.4, -0.2) is 29.2 Å². The Morgan fingerprint density at radius 3 is 2.34 bits per heavy atom. The minimum Gasteiger partial charge on any atom is -0.477 e. The van der Waals surface area contributed by atoms with Gasteiger partial charge in [-0.25, -0.2) is 4.79 Å². The van der Waals surface area contributed by atoms with Crippen molar-refractivity contribution in [2.24, 2.45) is 5.73 Å². The summed E-state index contributed by atoms with van der Waals surface area (Å²) in [4.78, 5) is 23.7. The maximum Gasteiger partial charge on any atom is 0.416 e. The van der Waals surface area contributed by atoms with E-state index in [9.17, 15) is 27.9 Å². The van der Waals surface area contributed by atoms with Gasteiger partial charge in [0.1, 0.15) is 17.2 Å². The van der Waals surface area contributed by atoms with E-state index in [1.54, 1.807) is 18.2 Å². The van der Waals surface area contributed by atoms with Crippen LogP contribution >= 0.6 is 0 Å². The first kappa shape index (κ1) is 22.8. The molecular weight excluding hydrogens is 425 g/mol. The molecule has 4 N–H and O–H groups in total. The van der Waals surface area contributed by atoms with Gasteiger partial charge in [-0.15, -0.1) is 0 Å². The maximum absolute atomic E-state index is 13.3. The molecule has 2 aromatic carbocycles. The smallest absolute Gasteiger partial charge is 0.416 e. The predicted octanol–water partition coefficient (Wildman–Crippen LogP) is 4.02. The van der Waals surface area contributed by atoms with Crippen molar-refractivity contribution < 1.29 is 32.6 Å². The predicted molar refractivity (Wildman–Crippen MR) is 111 cm³/mol. The number of allylic oxidation sites excluding steroid dienone is 1. The minimum absolute atomic E-state index is 0.129. The summed E-state index contributed by atoms with van der Waals surface area (Å²) in [6.07, 6.45) is -1.12. The number of nitrogens with one attached hydrogen (secondary N) is 1. The number of rotatable bonds is 6. The number of hydrogen-bond acceptors (Lipinski definition) is 4. The summed E-state index contributed by atoms with van der Waals surface area (Å²) in [5.74, 6) is -2.15. The molecule has 6 nitrogen and oxygen atoms in total. The standard InChI is InChI=1S/C23H19F3N2O4/c24-23(25,26)18-13-16(27)8-11-20(18)32-17-9-6-14(7-10-17)12-19(22(30)31)28-21(29)15-4-2-1-3-5-15/h1-12,16H,13,27H2,(H,28,29)(H,30,31). The third-order valence-electron chi connectivity index (χ3n) is 4.51. The van der Waals surface area contributed by atoms with Crippen molar-refractivity contribution in [1.29, 1.82) is 0 Å². The fourth-order valence-corrected chi connectivity index (χ4v) is 2.93. The number of benzene rings is 2.